The van der Waals surface area contributed by atoms with E-state index in [2.05, 4.69) is 10.3 Å². The molecule has 1 aromatic carbocycles. The van der Waals surface area contributed by atoms with E-state index in [4.69, 9.17) is 0 Å². The second-order valence-electron chi connectivity index (χ2n) is 5.10. The van der Waals surface area contributed by atoms with Crippen molar-refractivity contribution in [2.45, 2.75) is 12.8 Å². The molecule has 2 rings (SSSR count). The first-order valence-corrected chi connectivity index (χ1v) is 8.59. The van der Waals surface area contributed by atoms with Gasteiger partial charge in [0.05, 0.1) is 7.11 Å². The second kappa shape index (κ2) is 7.53. The molecule has 0 unspecified atom stereocenters. The summed E-state index contributed by atoms with van der Waals surface area (Å²) in [5.74, 6) is -0.399. The van der Waals surface area contributed by atoms with Gasteiger partial charge in [-0.05, 0) is 24.5 Å². The first-order valence-electron chi connectivity index (χ1n) is 7.09. The standard InChI is InChI=1S/C15H20N2O4S/c1-21-16-15(18)14-7-10-17(11-8-14)22(19,20)12-9-13-5-3-2-4-6-13/h2-6,9,12,14H,7-8,10-11H2,1H3,(H,16,18)/b12-9+. The summed E-state index contributed by atoms with van der Waals surface area (Å²) >= 11 is 0. The van der Waals surface area contributed by atoms with Crippen molar-refractivity contribution in [1.29, 1.82) is 0 Å². The molecule has 1 aliphatic rings. The molecular weight excluding hydrogens is 304 g/mol. The highest BCUT2D eigenvalue weighted by molar-refractivity contribution is 7.92. The molecule has 0 bridgehead atoms. The van der Waals surface area contributed by atoms with Crippen LogP contribution in [0.2, 0.25) is 0 Å². The molecule has 1 amide bonds. The van der Waals surface area contributed by atoms with E-state index in [-0.39, 0.29) is 11.8 Å². The summed E-state index contributed by atoms with van der Waals surface area (Å²) in [6, 6.07) is 9.26. The number of hydrogen-bond acceptors (Lipinski definition) is 4. The van der Waals surface area contributed by atoms with Crippen LogP contribution in [0.3, 0.4) is 0 Å². The molecule has 7 heteroatoms. The summed E-state index contributed by atoms with van der Waals surface area (Å²) < 4.78 is 26.0. The lowest BCUT2D eigenvalue weighted by Crippen LogP contribution is -2.42. The van der Waals surface area contributed by atoms with E-state index in [1.807, 2.05) is 30.3 Å². The van der Waals surface area contributed by atoms with Crippen molar-refractivity contribution < 1.29 is 18.0 Å². The van der Waals surface area contributed by atoms with Crippen molar-refractivity contribution in [2.24, 2.45) is 5.92 Å². The highest BCUT2D eigenvalue weighted by atomic mass is 32.2. The molecule has 1 heterocycles. The van der Waals surface area contributed by atoms with Gasteiger partial charge in [0.1, 0.15) is 0 Å². The number of nitrogens with zero attached hydrogens (tertiary/aromatic N) is 1. The molecule has 1 saturated heterocycles. The van der Waals surface area contributed by atoms with Crippen LogP contribution in [0.15, 0.2) is 35.7 Å². The molecule has 22 heavy (non-hydrogen) atoms. The van der Waals surface area contributed by atoms with Crippen LogP contribution in [0.1, 0.15) is 18.4 Å². The lowest BCUT2D eigenvalue weighted by Gasteiger charge is -2.29. The smallest absolute Gasteiger partial charge is 0.246 e. The molecule has 6 nitrogen and oxygen atoms in total. The van der Waals surface area contributed by atoms with E-state index < -0.39 is 10.0 Å². The Hall–Kier alpha value is -1.70. The highest BCUT2D eigenvalue weighted by Gasteiger charge is 2.29. The summed E-state index contributed by atoms with van der Waals surface area (Å²) in [5, 5.41) is 1.22. The van der Waals surface area contributed by atoms with Gasteiger partial charge in [-0.1, -0.05) is 30.3 Å². The second-order valence-corrected chi connectivity index (χ2v) is 6.92. The summed E-state index contributed by atoms with van der Waals surface area (Å²) in [6.07, 6.45) is 2.57. The SMILES string of the molecule is CONC(=O)C1CCN(S(=O)(=O)/C=C/c2ccccc2)CC1. The van der Waals surface area contributed by atoms with Gasteiger partial charge in [-0.3, -0.25) is 9.63 Å². The third kappa shape index (κ3) is 4.40. The number of nitrogens with one attached hydrogen (secondary N) is 1. The van der Waals surface area contributed by atoms with Crippen LogP contribution in [0.4, 0.5) is 0 Å². The fraction of sp³-hybridized carbons (Fsp3) is 0.400. The minimum absolute atomic E-state index is 0.195. The Bertz CT molecular complexity index is 620. The largest absolute Gasteiger partial charge is 0.277 e. The molecule has 1 fully saturated rings. The number of hydrogen-bond donors (Lipinski definition) is 1. The summed E-state index contributed by atoms with van der Waals surface area (Å²) in [6.45, 7) is 0.673. The van der Waals surface area contributed by atoms with Crippen LogP contribution in [0.5, 0.6) is 0 Å². The van der Waals surface area contributed by atoms with Gasteiger partial charge in [0.15, 0.2) is 0 Å². The molecule has 0 aliphatic carbocycles. The van der Waals surface area contributed by atoms with Crippen molar-refractivity contribution >= 4 is 22.0 Å². The van der Waals surface area contributed by atoms with Crippen LogP contribution in [-0.4, -0.2) is 38.8 Å². The Morgan fingerprint density at radius 1 is 1.27 bits per heavy atom. The predicted octanol–water partition coefficient (Wildman–Crippen LogP) is 1.38. The summed E-state index contributed by atoms with van der Waals surface area (Å²) in [7, 11) is -2.07. The van der Waals surface area contributed by atoms with Gasteiger partial charge in [0.25, 0.3) is 0 Å². The van der Waals surface area contributed by atoms with Crippen LogP contribution >= 0.6 is 0 Å². The molecule has 0 atom stereocenters. The lowest BCUT2D eigenvalue weighted by molar-refractivity contribution is -0.136. The summed E-state index contributed by atoms with van der Waals surface area (Å²) in [4.78, 5) is 16.2. The monoisotopic (exact) mass is 324 g/mol. The molecule has 120 valence electrons. The van der Waals surface area contributed by atoms with Crippen molar-refractivity contribution in [3.63, 3.8) is 0 Å². The first kappa shape index (κ1) is 16.7. The molecule has 1 aromatic rings. The molecule has 0 aromatic heterocycles. The van der Waals surface area contributed by atoms with Gasteiger partial charge in [-0.15, -0.1) is 0 Å². The Balaban J connectivity index is 1.95. The van der Waals surface area contributed by atoms with E-state index in [1.54, 1.807) is 6.08 Å². The maximum atomic E-state index is 12.3. The zero-order chi connectivity index (χ0) is 16.0. The first-order chi connectivity index (χ1) is 10.5. The van der Waals surface area contributed by atoms with Crippen molar-refractivity contribution in [2.75, 3.05) is 20.2 Å². The van der Waals surface area contributed by atoms with Gasteiger partial charge >= 0.3 is 0 Å². The quantitative estimate of drug-likeness (QED) is 0.830. The minimum Gasteiger partial charge on any atom is -0.277 e. The van der Waals surface area contributed by atoms with E-state index in [0.29, 0.717) is 25.9 Å². The van der Waals surface area contributed by atoms with Crippen LogP contribution in [-0.2, 0) is 19.7 Å². The van der Waals surface area contributed by atoms with Crippen molar-refractivity contribution in [3.8, 4) is 0 Å². The third-order valence-electron chi connectivity index (χ3n) is 3.62. The molecule has 1 N–H and O–H groups in total. The van der Waals surface area contributed by atoms with E-state index in [1.165, 1.54) is 16.8 Å². The number of hydroxylamine groups is 1. The highest BCUT2D eigenvalue weighted by Crippen LogP contribution is 2.21. The van der Waals surface area contributed by atoms with E-state index in [0.717, 1.165) is 5.56 Å². The number of carbonyl (C=O) groups excluding carboxylic acids is 1. The molecule has 0 spiro atoms. The number of amides is 1. The molecule has 1 aliphatic heterocycles. The van der Waals surface area contributed by atoms with Gasteiger partial charge in [0, 0.05) is 24.4 Å². The topological polar surface area (TPSA) is 75.7 Å². The van der Waals surface area contributed by atoms with Crippen LogP contribution in [0, 0.1) is 5.92 Å². The fourth-order valence-electron chi connectivity index (χ4n) is 2.37. The minimum atomic E-state index is -3.45. The predicted molar refractivity (Wildman–Crippen MR) is 83.8 cm³/mol. The number of carbonyl (C=O) groups is 1. The van der Waals surface area contributed by atoms with Gasteiger partial charge in [-0.2, -0.15) is 4.31 Å². The van der Waals surface area contributed by atoms with E-state index in [9.17, 15) is 13.2 Å². The molecule has 0 saturated carbocycles. The van der Waals surface area contributed by atoms with Crippen molar-refractivity contribution in [3.05, 3.63) is 41.3 Å². The average Bonchev–Trinajstić information content (AvgIpc) is 2.54. The summed E-state index contributed by atoms with van der Waals surface area (Å²) in [5.41, 5.74) is 3.13. The number of rotatable bonds is 5. The zero-order valence-electron chi connectivity index (χ0n) is 12.4. The normalized spacial score (nSPS) is 17.7. The Morgan fingerprint density at radius 3 is 2.50 bits per heavy atom. The molecular formula is C15H20N2O4S. The van der Waals surface area contributed by atoms with Gasteiger partial charge in [0.2, 0.25) is 15.9 Å². The number of sulfonamides is 1. The van der Waals surface area contributed by atoms with Crippen LogP contribution in [0.25, 0.3) is 6.08 Å². The third-order valence-corrected chi connectivity index (χ3v) is 5.18. The zero-order valence-corrected chi connectivity index (χ0v) is 13.3. The Morgan fingerprint density at radius 2 is 1.91 bits per heavy atom. The maximum absolute atomic E-state index is 12.3. The average molecular weight is 324 g/mol. The Labute approximate surface area is 130 Å². The fourth-order valence-corrected chi connectivity index (χ4v) is 3.59. The Kier molecular flexibility index (Phi) is 5.70. The lowest BCUT2D eigenvalue weighted by atomic mass is 9.98. The van der Waals surface area contributed by atoms with E-state index >= 15 is 0 Å². The van der Waals surface area contributed by atoms with Crippen molar-refractivity contribution in [1.82, 2.24) is 9.79 Å². The van der Waals surface area contributed by atoms with Crippen LogP contribution < -0.4 is 5.48 Å². The molecule has 0 radical (unpaired) electrons. The number of piperidine rings is 1. The number of benzene rings is 1. The van der Waals surface area contributed by atoms with Gasteiger partial charge in [-0.25, -0.2) is 13.9 Å². The van der Waals surface area contributed by atoms with Gasteiger partial charge < -0.3 is 0 Å². The maximum Gasteiger partial charge on any atom is 0.246 e.